The van der Waals surface area contributed by atoms with E-state index in [4.69, 9.17) is 0 Å². The summed E-state index contributed by atoms with van der Waals surface area (Å²) in [6.07, 6.45) is 0. The van der Waals surface area contributed by atoms with Crippen molar-refractivity contribution in [2.75, 3.05) is 27.2 Å². The van der Waals surface area contributed by atoms with Crippen molar-refractivity contribution in [1.82, 2.24) is 14.9 Å². The number of rotatable bonds is 8. The van der Waals surface area contributed by atoms with Gasteiger partial charge in [0.05, 0.1) is 4.90 Å². The average Bonchev–Trinajstić information content (AvgIpc) is 2.61. The Morgan fingerprint density at radius 2 is 1.76 bits per heavy atom. The molecular weight excluding hydrogens is 338 g/mol. The summed E-state index contributed by atoms with van der Waals surface area (Å²) in [5.41, 5.74) is 1.19. The largest absolute Gasteiger partial charge is 0.351 e. The number of hydrogen-bond acceptors (Lipinski definition) is 4. The van der Waals surface area contributed by atoms with Crippen LogP contribution in [0, 0.1) is 0 Å². The van der Waals surface area contributed by atoms with E-state index in [9.17, 15) is 13.2 Å². The maximum Gasteiger partial charge on any atom is 0.251 e. The highest BCUT2D eigenvalue weighted by Gasteiger charge is 2.16. The van der Waals surface area contributed by atoms with Gasteiger partial charge in [-0.15, -0.1) is 0 Å². The lowest BCUT2D eigenvalue weighted by Gasteiger charge is -2.11. The van der Waals surface area contributed by atoms with Crippen LogP contribution in [0.1, 0.15) is 15.9 Å². The summed E-state index contributed by atoms with van der Waals surface area (Å²) in [5, 5.41) is 2.77. The number of hydrogen-bond donors (Lipinski definition) is 2. The molecule has 134 valence electrons. The zero-order chi connectivity index (χ0) is 18.3. The fourth-order valence-corrected chi connectivity index (χ4v) is 3.22. The number of likely N-dealkylation sites (N-methyl/N-ethyl adjacent to an activating group) is 1. The van der Waals surface area contributed by atoms with Crippen LogP contribution in [0.15, 0.2) is 59.5 Å². The van der Waals surface area contributed by atoms with Crippen molar-refractivity contribution in [2.24, 2.45) is 0 Å². The molecule has 0 spiro atoms. The molecule has 0 saturated heterocycles. The molecule has 0 aliphatic carbocycles. The minimum absolute atomic E-state index is 0.0729. The predicted octanol–water partition coefficient (Wildman–Crippen LogP) is 1.46. The summed E-state index contributed by atoms with van der Waals surface area (Å²) in [5.74, 6) is -0.290. The van der Waals surface area contributed by atoms with E-state index in [0.29, 0.717) is 18.7 Å². The van der Waals surface area contributed by atoms with Gasteiger partial charge in [0.1, 0.15) is 0 Å². The summed E-state index contributed by atoms with van der Waals surface area (Å²) in [7, 11) is 0.142. The first-order valence-corrected chi connectivity index (χ1v) is 9.43. The zero-order valence-electron chi connectivity index (χ0n) is 14.4. The number of benzene rings is 2. The standard InChI is InChI=1S/C18H23N3O3S/c1-21(2)12-11-19-18(22)16-9-6-10-17(13-16)25(23,24)20-14-15-7-4-3-5-8-15/h3-10,13,20H,11-12,14H2,1-2H3,(H,19,22). The van der Waals surface area contributed by atoms with Gasteiger partial charge in [-0.05, 0) is 37.9 Å². The summed E-state index contributed by atoms with van der Waals surface area (Å²) < 4.78 is 27.4. The van der Waals surface area contributed by atoms with Crippen molar-refractivity contribution in [3.63, 3.8) is 0 Å². The Hall–Kier alpha value is -2.22. The molecule has 25 heavy (non-hydrogen) atoms. The van der Waals surface area contributed by atoms with Gasteiger partial charge in [-0.1, -0.05) is 36.4 Å². The van der Waals surface area contributed by atoms with E-state index >= 15 is 0 Å². The molecule has 0 atom stereocenters. The fraction of sp³-hybridized carbons (Fsp3) is 0.278. The molecule has 0 aromatic heterocycles. The van der Waals surface area contributed by atoms with E-state index < -0.39 is 10.0 Å². The van der Waals surface area contributed by atoms with Crippen molar-refractivity contribution in [2.45, 2.75) is 11.4 Å². The van der Waals surface area contributed by atoms with E-state index in [2.05, 4.69) is 10.0 Å². The molecule has 0 aliphatic heterocycles. The number of carbonyl (C=O) groups excluding carboxylic acids is 1. The molecule has 1 amide bonds. The van der Waals surface area contributed by atoms with E-state index in [1.54, 1.807) is 12.1 Å². The van der Waals surface area contributed by atoms with Crippen LogP contribution in [0.2, 0.25) is 0 Å². The molecule has 0 saturated carbocycles. The number of amides is 1. The van der Waals surface area contributed by atoms with Gasteiger partial charge < -0.3 is 10.2 Å². The lowest BCUT2D eigenvalue weighted by atomic mass is 10.2. The zero-order valence-corrected chi connectivity index (χ0v) is 15.2. The molecular formula is C18H23N3O3S. The third-order valence-electron chi connectivity index (χ3n) is 3.56. The topological polar surface area (TPSA) is 78.5 Å². The second-order valence-electron chi connectivity index (χ2n) is 5.90. The van der Waals surface area contributed by atoms with E-state index in [0.717, 1.165) is 5.56 Å². The molecule has 7 heteroatoms. The summed E-state index contributed by atoms with van der Waals surface area (Å²) in [6, 6.07) is 15.3. The van der Waals surface area contributed by atoms with Gasteiger partial charge in [0.25, 0.3) is 5.91 Å². The Bertz CT molecular complexity index is 805. The highest BCUT2D eigenvalue weighted by molar-refractivity contribution is 7.89. The summed E-state index contributed by atoms with van der Waals surface area (Å²) >= 11 is 0. The molecule has 0 unspecified atom stereocenters. The van der Waals surface area contributed by atoms with Crippen molar-refractivity contribution in [1.29, 1.82) is 0 Å². The van der Waals surface area contributed by atoms with Crippen LogP contribution >= 0.6 is 0 Å². The molecule has 0 fully saturated rings. The number of nitrogens with one attached hydrogen (secondary N) is 2. The number of carbonyl (C=O) groups is 1. The van der Waals surface area contributed by atoms with Gasteiger partial charge >= 0.3 is 0 Å². The van der Waals surface area contributed by atoms with Crippen LogP contribution < -0.4 is 10.0 Å². The predicted molar refractivity (Wildman–Crippen MR) is 97.8 cm³/mol. The Labute approximate surface area is 148 Å². The SMILES string of the molecule is CN(C)CCNC(=O)c1cccc(S(=O)(=O)NCc2ccccc2)c1. The molecule has 0 bridgehead atoms. The second kappa shape index (κ2) is 8.75. The Balaban J connectivity index is 2.04. The summed E-state index contributed by atoms with van der Waals surface area (Å²) in [4.78, 5) is 14.2. The lowest BCUT2D eigenvalue weighted by molar-refractivity contribution is 0.0951. The van der Waals surface area contributed by atoms with Crippen LogP contribution in [-0.4, -0.2) is 46.4 Å². The normalized spacial score (nSPS) is 11.5. The first kappa shape index (κ1) is 19.1. The molecule has 6 nitrogen and oxygen atoms in total. The molecule has 0 aliphatic rings. The Kier molecular flexibility index (Phi) is 6.69. The van der Waals surface area contributed by atoms with Crippen molar-refractivity contribution >= 4 is 15.9 Å². The van der Waals surface area contributed by atoms with Crippen molar-refractivity contribution in [3.8, 4) is 0 Å². The minimum Gasteiger partial charge on any atom is -0.351 e. The van der Waals surface area contributed by atoms with Gasteiger partial charge in [-0.3, -0.25) is 4.79 Å². The van der Waals surface area contributed by atoms with E-state index in [1.807, 2.05) is 49.3 Å². The number of sulfonamides is 1. The van der Waals surface area contributed by atoms with E-state index in [1.165, 1.54) is 12.1 Å². The quantitative estimate of drug-likeness (QED) is 0.746. The van der Waals surface area contributed by atoms with Crippen LogP contribution in [-0.2, 0) is 16.6 Å². The van der Waals surface area contributed by atoms with Crippen molar-refractivity contribution in [3.05, 3.63) is 65.7 Å². The van der Waals surface area contributed by atoms with Gasteiger partial charge in [0.2, 0.25) is 10.0 Å². The maximum absolute atomic E-state index is 12.4. The van der Waals surface area contributed by atoms with Crippen LogP contribution in [0.4, 0.5) is 0 Å². The monoisotopic (exact) mass is 361 g/mol. The minimum atomic E-state index is -3.69. The third kappa shape index (κ3) is 5.97. The molecule has 2 aromatic carbocycles. The second-order valence-corrected chi connectivity index (χ2v) is 7.66. The third-order valence-corrected chi connectivity index (χ3v) is 4.96. The van der Waals surface area contributed by atoms with Crippen LogP contribution in [0.5, 0.6) is 0 Å². The first-order valence-electron chi connectivity index (χ1n) is 7.95. The average molecular weight is 361 g/mol. The molecule has 0 radical (unpaired) electrons. The maximum atomic E-state index is 12.4. The van der Waals surface area contributed by atoms with Crippen LogP contribution in [0.25, 0.3) is 0 Å². The van der Waals surface area contributed by atoms with Gasteiger partial charge in [0, 0.05) is 25.2 Å². The molecule has 2 aromatic rings. The fourth-order valence-electron chi connectivity index (χ4n) is 2.16. The molecule has 0 heterocycles. The molecule has 2 rings (SSSR count). The van der Waals surface area contributed by atoms with Gasteiger partial charge in [-0.2, -0.15) is 0 Å². The Morgan fingerprint density at radius 3 is 2.44 bits per heavy atom. The highest BCUT2D eigenvalue weighted by atomic mass is 32.2. The van der Waals surface area contributed by atoms with E-state index in [-0.39, 0.29) is 17.3 Å². The van der Waals surface area contributed by atoms with Gasteiger partial charge in [-0.25, -0.2) is 13.1 Å². The number of nitrogens with zero attached hydrogens (tertiary/aromatic N) is 1. The summed E-state index contributed by atoms with van der Waals surface area (Å²) in [6.45, 7) is 1.40. The smallest absolute Gasteiger partial charge is 0.251 e. The first-order chi connectivity index (χ1) is 11.9. The van der Waals surface area contributed by atoms with Gasteiger partial charge in [0.15, 0.2) is 0 Å². The Morgan fingerprint density at radius 1 is 1.04 bits per heavy atom. The molecule has 2 N–H and O–H groups in total. The lowest BCUT2D eigenvalue weighted by Crippen LogP contribution is -2.31. The highest BCUT2D eigenvalue weighted by Crippen LogP contribution is 2.12. The van der Waals surface area contributed by atoms with Crippen molar-refractivity contribution < 1.29 is 13.2 Å². The van der Waals surface area contributed by atoms with Crippen LogP contribution in [0.3, 0.4) is 0 Å².